The zero-order valence-corrected chi connectivity index (χ0v) is 12.1. The molecule has 96 valence electrons. The molecule has 4 heteroatoms. The molecule has 0 aromatic heterocycles. The topological polar surface area (TPSA) is 35.5 Å². The van der Waals surface area contributed by atoms with E-state index in [-0.39, 0.29) is 6.10 Å². The van der Waals surface area contributed by atoms with Gasteiger partial charge in [0.25, 0.3) is 0 Å². The van der Waals surface area contributed by atoms with Crippen LogP contribution in [0, 0.1) is 0 Å². The maximum Gasteiger partial charge on any atom is 0.0791 e. The van der Waals surface area contributed by atoms with E-state index in [2.05, 4.69) is 32.2 Å². The maximum atomic E-state index is 9.78. The highest BCUT2D eigenvalue weighted by molar-refractivity contribution is 9.10. The molecule has 0 bridgehead atoms. The molecule has 0 fully saturated rings. The zero-order chi connectivity index (χ0) is 12.7. The number of hydrogen-bond donors (Lipinski definition) is 2. The molecular formula is C13H21BrN2O. The van der Waals surface area contributed by atoms with Crippen molar-refractivity contribution in [2.45, 2.75) is 19.6 Å². The summed E-state index contributed by atoms with van der Waals surface area (Å²) in [5.74, 6) is 0. The maximum absolute atomic E-state index is 9.78. The third kappa shape index (κ3) is 5.64. The van der Waals surface area contributed by atoms with E-state index in [0.29, 0.717) is 13.1 Å². The molecule has 2 N–H and O–H groups in total. The van der Waals surface area contributed by atoms with Crippen LogP contribution < -0.4 is 5.32 Å². The normalized spacial score (nSPS) is 13.0. The van der Waals surface area contributed by atoms with Gasteiger partial charge in [0.15, 0.2) is 0 Å². The lowest BCUT2D eigenvalue weighted by Crippen LogP contribution is -2.36. The highest BCUT2D eigenvalue weighted by Gasteiger charge is 2.09. The standard InChI is InChI=1S/C13H21BrN2O/c1-3-15-8-12(17)10-16(2)9-11-6-4-5-7-13(11)14/h4-7,12,15,17H,3,8-10H2,1-2H3. The lowest BCUT2D eigenvalue weighted by Gasteiger charge is -2.21. The molecule has 0 spiro atoms. The van der Waals surface area contributed by atoms with Gasteiger partial charge in [-0.05, 0) is 25.2 Å². The Morgan fingerprint density at radius 1 is 1.41 bits per heavy atom. The predicted molar refractivity (Wildman–Crippen MR) is 75.0 cm³/mol. The highest BCUT2D eigenvalue weighted by Crippen LogP contribution is 2.17. The van der Waals surface area contributed by atoms with Crippen molar-refractivity contribution in [2.24, 2.45) is 0 Å². The molecule has 1 unspecified atom stereocenters. The molecule has 0 amide bonds. The second kappa shape index (κ2) is 7.82. The van der Waals surface area contributed by atoms with Crippen LogP contribution in [-0.2, 0) is 6.54 Å². The largest absolute Gasteiger partial charge is 0.390 e. The minimum absolute atomic E-state index is 0.317. The van der Waals surface area contributed by atoms with E-state index in [4.69, 9.17) is 0 Å². The van der Waals surface area contributed by atoms with Crippen molar-refractivity contribution in [3.8, 4) is 0 Å². The van der Waals surface area contributed by atoms with Crippen molar-refractivity contribution >= 4 is 15.9 Å². The van der Waals surface area contributed by atoms with Gasteiger partial charge < -0.3 is 10.4 Å². The van der Waals surface area contributed by atoms with Crippen LogP contribution in [0.2, 0.25) is 0 Å². The zero-order valence-electron chi connectivity index (χ0n) is 10.5. The first-order valence-electron chi connectivity index (χ1n) is 5.94. The van der Waals surface area contributed by atoms with E-state index in [9.17, 15) is 5.11 Å². The second-order valence-corrected chi connectivity index (χ2v) is 5.10. The number of aliphatic hydroxyl groups is 1. The number of aliphatic hydroxyl groups excluding tert-OH is 1. The first kappa shape index (κ1) is 14.6. The minimum atomic E-state index is -0.317. The van der Waals surface area contributed by atoms with Gasteiger partial charge in [-0.2, -0.15) is 0 Å². The molecule has 0 radical (unpaired) electrons. The Balaban J connectivity index is 2.39. The molecule has 0 heterocycles. The summed E-state index contributed by atoms with van der Waals surface area (Å²) in [6.45, 7) is 5.10. The summed E-state index contributed by atoms with van der Waals surface area (Å²) in [6, 6.07) is 8.17. The molecule has 3 nitrogen and oxygen atoms in total. The molecule has 17 heavy (non-hydrogen) atoms. The van der Waals surface area contributed by atoms with Crippen LogP contribution in [0.1, 0.15) is 12.5 Å². The van der Waals surface area contributed by atoms with E-state index in [1.807, 2.05) is 32.2 Å². The lowest BCUT2D eigenvalue weighted by molar-refractivity contribution is 0.122. The first-order valence-corrected chi connectivity index (χ1v) is 6.73. The van der Waals surface area contributed by atoms with Crippen LogP contribution >= 0.6 is 15.9 Å². The Labute approximate surface area is 112 Å². The molecule has 0 saturated carbocycles. The number of nitrogens with zero attached hydrogens (tertiary/aromatic N) is 1. The molecular weight excluding hydrogens is 280 g/mol. The number of rotatable bonds is 7. The van der Waals surface area contributed by atoms with Crippen LogP contribution in [0.3, 0.4) is 0 Å². The van der Waals surface area contributed by atoms with Crippen LogP contribution in [0.15, 0.2) is 28.7 Å². The summed E-state index contributed by atoms with van der Waals surface area (Å²) in [4.78, 5) is 2.13. The van der Waals surface area contributed by atoms with Gasteiger partial charge in [0.1, 0.15) is 0 Å². The fourth-order valence-corrected chi connectivity index (χ4v) is 2.13. The third-order valence-corrected chi connectivity index (χ3v) is 3.32. The quantitative estimate of drug-likeness (QED) is 0.807. The van der Waals surface area contributed by atoms with Gasteiger partial charge in [-0.15, -0.1) is 0 Å². The van der Waals surface area contributed by atoms with Crippen LogP contribution in [0.5, 0.6) is 0 Å². The first-order chi connectivity index (χ1) is 8.13. The number of nitrogens with one attached hydrogen (secondary N) is 1. The average molecular weight is 301 g/mol. The molecule has 0 aliphatic carbocycles. The molecule has 0 saturated heterocycles. The van der Waals surface area contributed by atoms with Crippen LogP contribution in [-0.4, -0.2) is 42.8 Å². The number of benzene rings is 1. The number of hydrogen-bond acceptors (Lipinski definition) is 3. The molecule has 0 aliphatic heterocycles. The predicted octanol–water partition coefficient (Wildman–Crippen LogP) is 1.85. The monoisotopic (exact) mass is 300 g/mol. The van der Waals surface area contributed by atoms with Gasteiger partial charge in [-0.3, -0.25) is 4.90 Å². The van der Waals surface area contributed by atoms with Gasteiger partial charge in [0, 0.05) is 24.1 Å². The summed E-state index contributed by atoms with van der Waals surface area (Å²) >= 11 is 3.53. The second-order valence-electron chi connectivity index (χ2n) is 4.25. The summed E-state index contributed by atoms with van der Waals surface area (Å²) in [5.41, 5.74) is 1.24. The van der Waals surface area contributed by atoms with Crippen molar-refractivity contribution in [3.63, 3.8) is 0 Å². The van der Waals surface area contributed by atoms with Gasteiger partial charge in [0.2, 0.25) is 0 Å². The van der Waals surface area contributed by atoms with Crippen molar-refractivity contribution in [1.29, 1.82) is 0 Å². The summed E-state index contributed by atoms with van der Waals surface area (Å²) in [5, 5.41) is 12.9. The van der Waals surface area contributed by atoms with Gasteiger partial charge in [0.05, 0.1) is 6.10 Å². The molecule has 1 aromatic rings. The van der Waals surface area contributed by atoms with E-state index in [1.165, 1.54) is 5.56 Å². The third-order valence-electron chi connectivity index (χ3n) is 2.55. The SMILES string of the molecule is CCNCC(O)CN(C)Cc1ccccc1Br. The van der Waals surface area contributed by atoms with Crippen molar-refractivity contribution in [1.82, 2.24) is 10.2 Å². The summed E-state index contributed by atoms with van der Waals surface area (Å²) in [6.07, 6.45) is -0.317. The Bertz CT molecular complexity index is 333. The van der Waals surface area contributed by atoms with Crippen molar-refractivity contribution in [2.75, 3.05) is 26.7 Å². The van der Waals surface area contributed by atoms with Crippen LogP contribution in [0.4, 0.5) is 0 Å². The molecule has 1 rings (SSSR count). The smallest absolute Gasteiger partial charge is 0.0791 e. The van der Waals surface area contributed by atoms with Crippen LogP contribution in [0.25, 0.3) is 0 Å². The summed E-state index contributed by atoms with van der Waals surface area (Å²) in [7, 11) is 2.02. The molecule has 0 aliphatic rings. The Morgan fingerprint density at radius 3 is 2.76 bits per heavy atom. The average Bonchev–Trinajstić information content (AvgIpc) is 2.29. The van der Waals surface area contributed by atoms with Crippen molar-refractivity contribution in [3.05, 3.63) is 34.3 Å². The summed E-state index contributed by atoms with van der Waals surface area (Å²) < 4.78 is 1.12. The Kier molecular flexibility index (Phi) is 6.73. The van der Waals surface area contributed by atoms with E-state index in [1.54, 1.807) is 0 Å². The van der Waals surface area contributed by atoms with E-state index >= 15 is 0 Å². The Morgan fingerprint density at radius 2 is 2.12 bits per heavy atom. The van der Waals surface area contributed by atoms with Gasteiger partial charge >= 0.3 is 0 Å². The number of likely N-dealkylation sites (N-methyl/N-ethyl adjacent to an activating group) is 2. The number of halogens is 1. The van der Waals surface area contributed by atoms with Crippen molar-refractivity contribution < 1.29 is 5.11 Å². The Hall–Kier alpha value is -0.420. The lowest BCUT2D eigenvalue weighted by atomic mass is 10.2. The van der Waals surface area contributed by atoms with Gasteiger partial charge in [-0.25, -0.2) is 0 Å². The fourth-order valence-electron chi connectivity index (χ4n) is 1.72. The fraction of sp³-hybridized carbons (Fsp3) is 0.538. The highest BCUT2D eigenvalue weighted by atomic mass is 79.9. The minimum Gasteiger partial charge on any atom is -0.390 e. The van der Waals surface area contributed by atoms with Gasteiger partial charge in [-0.1, -0.05) is 41.1 Å². The molecule has 1 aromatic carbocycles. The van der Waals surface area contributed by atoms with E-state index in [0.717, 1.165) is 17.6 Å². The molecule has 1 atom stereocenters. The van der Waals surface area contributed by atoms with E-state index < -0.39 is 0 Å².